The van der Waals surface area contributed by atoms with Gasteiger partial charge in [0, 0.05) is 37.7 Å². The summed E-state index contributed by atoms with van der Waals surface area (Å²) >= 11 is 0. The largest absolute Gasteiger partial charge is 0.347 e. The number of amides is 1. The molecule has 0 N–H and O–H groups in total. The van der Waals surface area contributed by atoms with Gasteiger partial charge in [-0.15, -0.1) is 0 Å². The molecule has 0 bridgehead atoms. The molecule has 0 aliphatic rings. The molecule has 3 heteroatoms. The average Bonchev–Trinajstić information content (AvgIpc) is 2.75. The minimum atomic E-state index is 0.0403. The fourth-order valence-electron chi connectivity index (χ4n) is 2.11. The van der Waals surface area contributed by atoms with E-state index in [0.29, 0.717) is 0 Å². The monoisotopic (exact) mass is 242 g/mol. The van der Waals surface area contributed by atoms with Crippen LogP contribution in [-0.2, 0) is 6.54 Å². The Morgan fingerprint density at radius 2 is 2.17 bits per heavy atom. The van der Waals surface area contributed by atoms with Gasteiger partial charge in [0.05, 0.1) is 5.56 Å². The number of carbonyl (C=O) groups excluding carboxylic acids is 1. The average molecular weight is 242 g/mol. The number of aromatic nitrogens is 1. The molecular formula is C15H18N2O. The Hall–Kier alpha value is -2.03. The van der Waals surface area contributed by atoms with Gasteiger partial charge in [0.1, 0.15) is 0 Å². The van der Waals surface area contributed by atoms with E-state index in [1.165, 1.54) is 0 Å². The van der Waals surface area contributed by atoms with E-state index in [2.05, 4.69) is 24.1 Å². The van der Waals surface area contributed by atoms with Crippen LogP contribution in [0.15, 0.2) is 31.0 Å². The zero-order valence-electron chi connectivity index (χ0n) is 11.1. The van der Waals surface area contributed by atoms with Gasteiger partial charge in [-0.2, -0.15) is 0 Å². The number of nitrogens with zero attached hydrogens (tertiary/aromatic N) is 2. The maximum absolute atomic E-state index is 12.1. The van der Waals surface area contributed by atoms with Crippen LogP contribution in [-0.4, -0.2) is 29.5 Å². The lowest BCUT2D eigenvalue weighted by molar-refractivity contribution is 0.0829. The Kier molecular flexibility index (Phi) is 3.24. The Morgan fingerprint density at radius 3 is 2.72 bits per heavy atom. The number of benzene rings is 1. The van der Waals surface area contributed by atoms with Crippen molar-refractivity contribution in [3.05, 3.63) is 42.1 Å². The normalized spacial score (nSPS) is 10.6. The van der Waals surface area contributed by atoms with Gasteiger partial charge < -0.3 is 9.47 Å². The highest BCUT2D eigenvalue weighted by Gasteiger charge is 2.15. The molecule has 0 atom stereocenters. The number of rotatable bonds is 3. The number of hydrogen-bond acceptors (Lipinski definition) is 1. The first-order valence-electron chi connectivity index (χ1n) is 6.05. The summed E-state index contributed by atoms with van der Waals surface area (Å²) in [7, 11) is 3.55. The van der Waals surface area contributed by atoms with Gasteiger partial charge in [0.15, 0.2) is 0 Å². The number of carbonyl (C=O) groups is 1. The van der Waals surface area contributed by atoms with Crippen LogP contribution in [0.1, 0.15) is 22.8 Å². The van der Waals surface area contributed by atoms with Crippen molar-refractivity contribution in [3.8, 4) is 0 Å². The lowest BCUT2D eigenvalue weighted by atomic mass is 10.1. The third-order valence-corrected chi connectivity index (χ3v) is 3.12. The SMILES string of the molecule is C=Cc1ccc2c(C(=O)N(C)C)cn(CC)c2c1. The lowest BCUT2D eigenvalue weighted by Gasteiger charge is -2.08. The van der Waals surface area contributed by atoms with E-state index in [0.717, 1.165) is 28.6 Å². The predicted octanol–water partition coefficient (Wildman–Crippen LogP) is 3.01. The molecule has 2 aromatic rings. The molecule has 1 aromatic carbocycles. The van der Waals surface area contributed by atoms with E-state index in [1.807, 2.05) is 24.4 Å². The van der Waals surface area contributed by atoms with Gasteiger partial charge in [0.25, 0.3) is 5.91 Å². The van der Waals surface area contributed by atoms with E-state index >= 15 is 0 Å². The zero-order valence-corrected chi connectivity index (χ0v) is 11.1. The molecule has 1 aromatic heterocycles. The fourth-order valence-corrected chi connectivity index (χ4v) is 2.11. The molecule has 3 nitrogen and oxygen atoms in total. The van der Waals surface area contributed by atoms with Crippen LogP contribution >= 0.6 is 0 Å². The molecule has 2 rings (SSSR count). The molecular weight excluding hydrogens is 224 g/mol. The van der Waals surface area contributed by atoms with Crippen LogP contribution in [0.4, 0.5) is 0 Å². The lowest BCUT2D eigenvalue weighted by Crippen LogP contribution is -2.21. The Labute approximate surface area is 107 Å². The van der Waals surface area contributed by atoms with Crippen molar-refractivity contribution in [2.45, 2.75) is 13.5 Å². The quantitative estimate of drug-likeness (QED) is 0.812. The van der Waals surface area contributed by atoms with Gasteiger partial charge in [-0.3, -0.25) is 4.79 Å². The highest BCUT2D eigenvalue weighted by Crippen LogP contribution is 2.24. The standard InChI is InChI=1S/C15H18N2O/c1-5-11-7-8-12-13(15(18)16(3)4)10-17(6-2)14(12)9-11/h5,7-10H,1,6H2,2-4H3. The van der Waals surface area contributed by atoms with E-state index in [4.69, 9.17) is 0 Å². The zero-order chi connectivity index (χ0) is 13.3. The molecule has 94 valence electrons. The second kappa shape index (κ2) is 4.69. The van der Waals surface area contributed by atoms with Crippen LogP contribution in [0.2, 0.25) is 0 Å². The van der Waals surface area contributed by atoms with Crippen molar-refractivity contribution in [2.75, 3.05) is 14.1 Å². The smallest absolute Gasteiger partial charge is 0.255 e. The molecule has 0 radical (unpaired) electrons. The van der Waals surface area contributed by atoms with Crippen molar-refractivity contribution in [1.82, 2.24) is 9.47 Å². The van der Waals surface area contributed by atoms with Crippen molar-refractivity contribution in [3.63, 3.8) is 0 Å². The van der Waals surface area contributed by atoms with E-state index in [1.54, 1.807) is 19.0 Å². The van der Waals surface area contributed by atoms with Crippen LogP contribution in [0.3, 0.4) is 0 Å². The second-order valence-corrected chi connectivity index (χ2v) is 4.51. The van der Waals surface area contributed by atoms with Crippen LogP contribution in [0.5, 0.6) is 0 Å². The molecule has 0 unspecified atom stereocenters. The molecule has 0 saturated heterocycles. The molecule has 18 heavy (non-hydrogen) atoms. The summed E-state index contributed by atoms with van der Waals surface area (Å²) in [6.45, 7) is 6.70. The highest BCUT2D eigenvalue weighted by atomic mass is 16.2. The van der Waals surface area contributed by atoms with Crippen molar-refractivity contribution < 1.29 is 4.79 Å². The summed E-state index contributed by atoms with van der Waals surface area (Å²) in [4.78, 5) is 13.7. The van der Waals surface area contributed by atoms with Gasteiger partial charge in [-0.05, 0) is 18.6 Å². The number of hydrogen-bond donors (Lipinski definition) is 0. The number of aryl methyl sites for hydroxylation is 1. The Bertz CT molecular complexity index is 608. The summed E-state index contributed by atoms with van der Waals surface area (Å²) < 4.78 is 2.10. The van der Waals surface area contributed by atoms with E-state index < -0.39 is 0 Å². The predicted molar refractivity (Wildman–Crippen MR) is 75.7 cm³/mol. The maximum Gasteiger partial charge on any atom is 0.255 e. The summed E-state index contributed by atoms with van der Waals surface area (Å²) in [5.74, 6) is 0.0403. The number of fused-ring (bicyclic) bond motifs is 1. The molecule has 1 heterocycles. The minimum absolute atomic E-state index is 0.0403. The summed E-state index contributed by atoms with van der Waals surface area (Å²) in [5.41, 5.74) is 2.91. The third-order valence-electron chi connectivity index (χ3n) is 3.12. The van der Waals surface area contributed by atoms with E-state index in [-0.39, 0.29) is 5.91 Å². The highest BCUT2D eigenvalue weighted by molar-refractivity contribution is 6.07. The molecule has 0 aliphatic heterocycles. The first kappa shape index (κ1) is 12.4. The van der Waals surface area contributed by atoms with Gasteiger partial charge in [0.2, 0.25) is 0 Å². The summed E-state index contributed by atoms with van der Waals surface area (Å²) in [5, 5.41) is 1.00. The second-order valence-electron chi connectivity index (χ2n) is 4.51. The fraction of sp³-hybridized carbons (Fsp3) is 0.267. The van der Waals surface area contributed by atoms with E-state index in [9.17, 15) is 4.79 Å². The minimum Gasteiger partial charge on any atom is -0.347 e. The van der Waals surface area contributed by atoms with Crippen LogP contribution < -0.4 is 0 Å². The van der Waals surface area contributed by atoms with Gasteiger partial charge in [-0.1, -0.05) is 24.8 Å². The molecule has 0 fully saturated rings. The van der Waals surface area contributed by atoms with Crippen molar-refractivity contribution >= 4 is 22.9 Å². The topological polar surface area (TPSA) is 25.2 Å². The van der Waals surface area contributed by atoms with Crippen LogP contribution in [0.25, 0.3) is 17.0 Å². The molecule has 0 saturated carbocycles. The maximum atomic E-state index is 12.1. The molecule has 1 amide bonds. The van der Waals surface area contributed by atoms with Gasteiger partial charge in [-0.25, -0.2) is 0 Å². The van der Waals surface area contributed by atoms with Crippen LogP contribution in [0, 0.1) is 0 Å². The third kappa shape index (κ3) is 1.92. The van der Waals surface area contributed by atoms with Crippen molar-refractivity contribution in [1.29, 1.82) is 0 Å². The summed E-state index contributed by atoms with van der Waals surface area (Å²) in [6, 6.07) is 6.05. The summed E-state index contributed by atoms with van der Waals surface area (Å²) in [6.07, 6.45) is 3.75. The Morgan fingerprint density at radius 1 is 1.44 bits per heavy atom. The van der Waals surface area contributed by atoms with Crippen molar-refractivity contribution in [2.24, 2.45) is 0 Å². The van der Waals surface area contributed by atoms with Gasteiger partial charge >= 0.3 is 0 Å². The Balaban J connectivity index is 2.70. The molecule has 0 aliphatic carbocycles. The first-order valence-corrected chi connectivity index (χ1v) is 6.05. The first-order chi connectivity index (χ1) is 8.58. The molecule has 0 spiro atoms.